The molecule has 1 aromatic carbocycles. The van der Waals surface area contributed by atoms with Crippen molar-refractivity contribution in [2.45, 2.75) is 26.2 Å². The van der Waals surface area contributed by atoms with Crippen LogP contribution in [0.3, 0.4) is 0 Å². The lowest BCUT2D eigenvalue weighted by molar-refractivity contribution is -0.131. The van der Waals surface area contributed by atoms with Crippen LogP contribution >= 0.6 is 15.9 Å². The minimum atomic E-state index is -0.928. The molecule has 1 saturated heterocycles. The lowest BCUT2D eigenvalue weighted by Gasteiger charge is -2.23. The van der Waals surface area contributed by atoms with Crippen molar-refractivity contribution in [1.29, 1.82) is 0 Å². The molecular formula is C16H20BrNO2. The first-order chi connectivity index (χ1) is 9.56. The molecule has 1 unspecified atom stereocenters. The van der Waals surface area contributed by atoms with Crippen LogP contribution in [0.15, 0.2) is 28.7 Å². The van der Waals surface area contributed by atoms with Crippen molar-refractivity contribution in [1.82, 2.24) is 0 Å². The van der Waals surface area contributed by atoms with Gasteiger partial charge in [-0.25, -0.2) is 4.79 Å². The van der Waals surface area contributed by atoms with Gasteiger partial charge in [-0.15, -0.1) is 0 Å². The minimum Gasteiger partial charge on any atom is -0.478 e. The maximum atomic E-state index is 10.6. The molecule has 1 atom stereocenters. The number of carboxylic acid groups (broad SMARTS) is 1. The molecule has 4 heteroatoms. The molecule has 0 bridgehead atoms. The molecule has 1 fully saturated rings. The van der Waals surface area contributed by atoms with E-state index < -0.39 is 5.97 Å². The number of hydrogen-bond acceptors (Lipinski definition) is 2. The summed E-state index contributed by atoms with van der Waals surface area (Å²) in [6.45, 7) is 4.51. The van der Waals surface area contributed by atoms with E-state index in [1.54, 1.807) is 6.08 Å². The highest BCUT2D eigenvalue weighted by atomic mass is 79.9. The summed E-state index contributed by atoms with van der Waals surface area (Å²) in [7, 11) is 0. The fourth-order valence-electron chi connectivity index (χ4n) is 2.53. The van der Waals surface area contributed by atoms with Crippen molar-refractivity contribution < 1.29 is 9.90 Å². The smallest absolute Gasteiger partial charge is 0.328 e. The average Bonchev–Trinajstić information content (AvgIpc) is 2.62. The third-order valence-corrected chi connectivity index (χ3v) is 4.46. The standard InChI is InChI=1S/C16H20BrNO2/c1-12-3-2-9-18(10-8-12)14-6-4-13(15(17)11-14)5-7-16(19)20/h4-7,11-12H,2-3,8-10H2,1H3,(H,19,20)/b7-5+. The molecule has 1 N–H and O–H groups in total. The summed E-state index contributed by atoms with van der Waals surface area (Å²) in [4.78, 5) is 13.0. The van der Waals surface area contributed by atoms with Crippen LogP contribution in [0.5, 0.6) is 0 Å². The molecule has 20 heavy (non-hydrogen) atoms. The Hall–Kier alpha value is -1.29. The van der Waals surface area contributed by atoms with Crippen LogP contribution in [-0.2, 0) is 4.79 Å². The second-order valence-electron chi connectivity index (χ2n) is 5.40. The van der Waals surface area contributed by atoms with Crippen LogP contribution in [0.2, 0.25) is 0 Å². The van der Waals surface area contributed by atoms with Crippen LogP contribution in [0, 0.1) is 5.92 Å². The van der Waals surface area contributed by atoms with Gasteiger partial charge in [-0.05, 0) is 49.0 Å². The molecule has 1 heterocycles. The Bertz CT molecular complexity index is 513. The van der Waals surface area contributed by atoms with E-state index in [1.807, 2.05) is 6.07 Å². The van der Waals surface area contributed by atoms with E-state index in [4.69, 9.17) is 5.11 Å². The zero-order chi connectivity index (χ0) is 14.5. The van der Waals surface area contributed by atoms with Gasteiger partial charge in [0.15, 0.2) is 0 Å². The molecule has 2 rings (SSSR count). The number of halogens is 1. The van der Waals surface area contributed by atoms with Crippen molar-refractivity contribution in [2.75, 3.05) is 18.0 Å². The van der Waals surface area contributed by atoms with Crippen molar-refractivity contribution in [3.05, 3.63) is 34.3 Å². The first kappa shape index (κ1) is 15.1. The molecule has 3 nitrogen and oxygen atoms in total. The topological polar surface area (TPSA) is 40.5 Å². The van der Waals surface area contributed by atoms with Gasteiger partial charge < -0.3 is 10.0 Å². The number of carboxylic acids is 1. The third-order valence-electron chi connectivity index (χ3n) is 3.77. The van der Waals surface area contributed by atoms with Crippen molar-refractivity contribution in [3.8, 4) is 0 Å². The predicted molar refractivity (Wildman–Crippen MR) is 86.0 cm³/mol. The van der Waals surface area contributed by atoms with E-state index in [0.29, 0.717) is 0 Å². The van der Waals surface area contributed by atoms with Gasteiger partial charge in [0.2, 0.25) is 0 Å². The van der Waals surface area contributed by atoms with Crippen LogP contribution in [0.4, 0.5) is 5.69 Å². The summed E-state index contributed by atoms with van der Waals surface area (Å²) in [5.41, 5.74) is 2.10. The normalized spacial score (nSPS) is 20.1. The van der Waals surface area contributed by atoms with Crippen LogP contribution in [0.1, 0.15) is 31.7 Å². The second-order valence-corrected chi connectivity index (χ2v) is 6.25. The Morgan fingerprint density at radius 3 is 2.90 bits per heavy atom. The van der Waals surface area contributed by atoms with Gasteiger partial charge in [-0.1, -0.05) is 28.9 Å². The minimum absolute atomic E-state index is 0.807. The SMILES string of the molecule is CC1CCCN(c2ccc(/C=C/C(=O)O)c(Br)c2)CC1. The van der Waals surface area contributed by atoms with E-state index in [-0.39, 0.29) is 0 Å². The average molecular weight is 338 g/mol. The van der Waals surface area contributed by atoms with E-state index >= 15 is 0 Å². The highest BCUT2D eigenvalue weighted by Crippen LogP contribution is 2.27. The Morgan fingerprint density at radius 2 is 2.20 bits per heavy atom. The number of hydrogen-bond donors (Lipinski definition) is 1. The lowest BCUT2D eigenvalue weighted by Crippen LogP contribution is -2.24. The number of anilines is 1. The zero-order valence-corrected chi connectivity index (χ0v) is 13.3. The molecule has 1 aromatic rings. The van der Waals surface area contributed by atoms with Crippen LogP contribution in [0.25, 0.3) is 6.08 Å². The molecule has 0 saturated carbocycles. The first-order valence-corrected chi connectivity index (χ1v) is 7.81. The monoisotopic (exact) mass is 337 g/mol. The Labute approximate surface area is 128 Å². The van der Waals surface area contributed by atoms with Crippen LogP contribution < -0.4 is 4.90 Å². The first-order valence-electron chi connectivity index (χ1n) is 7.02. The molecule has 0 aromatic heterocycles. The number of aliphatic carboxylic acids is 1. The largest absolute Gasteiger partial charge is 0.478 e. The van der Waals surface area contributed by atoms with E-state index in [1.165, 1.54) is 24.9 Å². The highest BCUT2D eigenvalue weighted by Gasteiger charge is 2.14. The summed E-state index contributed by atoms with van der Waals surface area (Å²) < 4.78 is 0.935. The Kier molecular flexibility index (Phi) is 5.24. The van der Waals surface area contributed by atoms with Gasteiger partial charge >= 0.3 is 5.97 Å². The lowest BCUT2D eigenvalue weighted by atomic mass is 10.0. The molecule has 108 valence electrons. The molecule has 0 spiro atoms. The Morgan fingerprint density at radius 1 is 1.40 bits per heavy atom. The predicted octanol–water partition coefficient (Wildman–Crippen LogP) is 4.17. The van der Waals surface area contributed by atoms with Gasteiger partial charge in [0, 0.05) is 29.3 Å². The maximum absolute atomic E-state index is 10.6. The second kappa shape index (κ2) is 6.93. The van der Waals surface area contributed by atoms with Gasteiger partial charge in [-0.3, -0.25) is 0 Å². The van der Waals surface area contributed by atoms with E-state index in [9.17, 15) is 4.79 Å². The van der Waals surface area contributed by atoms with Crippen molar-refractivity contribution in [3.63, 3.8) is 0 Å². The van der Waals surface area contributed by atoms with Crippen molar-refractivity contribution >= 4 is 33.7 Å². The number of rotatable bonds is 3. The molecular weight excluding hydrogens is 318 g/mol. The maximum Gasteiger partial charge on any atom is 0.328 e. The molecule has 0 aliphatic carbocycles. The molecule has 1 aliphatic heterocycles. The summed E-state index contributed by atoms with van der Waals surface area (Å²) >= 11 is 3.52. The van der Waals surface area contributed by atoms with Gasteiger partial charge in [0.1, 0.15) is 0 Å². The fraction of sp³-hybridized carbons (Fsp3) is 0.438. The highest BCUT2D eigenvalue weighted by molar-refractivity contribution is 9.10. The van der Waals surface area contributed by atoms with Gasteiger partial charge in [0.05, 0.1) is 0 Å². The number of nitrogens with zero attached hydrogens (tertiary/aromatic N) is 1. The quantitative estimate of drug-likeness (QED) is 0.841. The summed E-state index contributed by atoms with van der Waals surface area (Å²) in [5, 5.41) is 8.67. The van der Waals surface area contributed by atoms with E-state index in [0.717, 1.165) is 35.1 Å². The molecule has 1 aliphatic rings. The fourth-order valence-corrected chi connectivity index (χ4v) is 3.03. The van der Waals surface area contributed by atoms with Crippen LogP contribution in [-0.4, -0.2) is 24.2 Å². The molecule has 0 amide bonds. The van der Waals surface area contributed by atoms with Gasteiger partial charge in [-0.2, -0.15) is 0 Å². The number of benzene rings is 1. The Balaban J connectivity index is 2.13. The van der Waals surface area contributed by atoms with Crippen molar-refractivity contribution in [2.24, 2.45) is 5.92 Å². The summed E-state index contributed by atoms with van der Waals surface area (Å²) in [6.07, 6.45) is 6.54. The van der Waals surface area contributed by atoms with Gasteiger partial charge in [0.25, 0.3) is 0 Å². The zero-order valence-electron chi connectivity index (χ0n) is 11.7. The third kappa shape index (κ3) is 4.10. The summed E-state index contributed by atoms with van der Waals surface area (Å²) in [5.74, 6) is -0.122. The molecule has 0 radical (unpaired) electrons. The summed E-state index contributed by atoms with van der Waals surface area (Å²) in [6, 6.07) is 6.12. The van der Waals surface area contributed by atoms with E-state index in [2.05, 4.69) is 39.9 Å². The number of carbonyl (C=O) groups is 1.